The summed E-state index contributed by atoms with van der Waals surface area (Å²) in [6.45, 7) is 2.13. The highest BCUT2D eigenvalue weighted by molar-refractivity contribution is 6.17. The summed E-state index contributed by atoms with van der Waals surface area (Å²) >= 11 is 0. The van der Waals surface area contributed by atoms with Gasteiger partial charge in [-0.05, 0) is 100 Å². The van der Waals surface area contributed by atoms with Gasteiger partial charge in [0, 0.05) is 30.3 Å². The second kappa shape index (κ2) is 16.0. The second-order valence-electron chi connectivity index (χ2n) is 12.2. The van der Waals surface area contributed by atoms with Crippen LogP contribution >= 0.6 is 12.4 Å². The van der Waals surface area contributed by atoms with E-state index in [0.717, 1.165) is 42.5 Å². The van der Waals surface area contributed by atoms with Crippen LogP contribution < -0.4 is 26.8 Å². The fourth-order valence-corrected chi connectivity index (χ4v) is 5.93. The number of pyridine rings is 1. The molecule has 1 saturated carbocycles. The molecule has 1 atom stereocenters. The van der Waals surface area contributed by atoms with E-state index in [1.54, 1.807) is 24.4 Å². The molecular formula is C34H44ClN7O4. The summed E-state index contributed by atoms with van der Waals surface area (Å²) in [5.41, 5.74) is 16.2. The Labute approximate surface area is 275 Å². The molecule has 0 saturated heterocycles. The number of carbonyl (C=O) groups excluding carboxylic acids is 2. The summed E-state index contributed by atoms with van der Waals surface area (Å²) in [5, 5.41) is 0. The van der Waals surface area contributed by atoms with Gasteiger partial charge in [-0.3, -0.25) is 9.59 Å². The third-order valence-electron chi connectivity index (χ3n) is 8.50. The Hall–Kier alpha value is -4.03. The van der Waals surface area contributed by atoms with Crippen molar-refractivity contribution in [3.05, 3.63) is 76.8 Å². The number of halogens is 1. The van der Waals surface area contributed by atoms with Crippen molar-refractivity contribution < 1.29 is 14.3 Å². The van der Waals surface area contributed by atoms with Gasteiger partial charge >= 0.3 is 5.69 Å². The van der Waals surface area contributed by atoms with E-state index in [2.05, 4.69) is 19.9 Å². The molecule has 0 bridgehead atoms. The molecule has 0 spiro atoms. The highest BCUT2D eigenvalue weighted by Crippen LogP contribution is 2.32. The number of aromatic amines is 2. The topological polar surface area (TPSA) is 163 Å². The summed E-state index contributed by atoms with van der Waals surface area (Å²) < 4.78 is 5.76. The molecule has 1 aliphatic carbocycles. The fourth-order valence-electron chi connectivity index (χ4n) is 5.93. The molecule has 2 aromatic carbocycles. The minimum atomic E-state index is -0.971. The number of nitrogens with zero attached hydrogens (tertiary/aromatic N) is 3. The van der Waals surface area contributed by atoms with Crippen LogP contribution in [0.2, 0.25) is 0 Å². The number of anilines is 1. The lowest BCUT2D eigenvalue weighted by Crippen LogP contribution is -2.50. The quantitative estimate of drug-likeness (QED) is 0.168. The van der Waals surface area contributed by atoms with Gasteiger partial charge in [0.1, 0.15) is 0 Å². The third-order valence-corrected chi connectivity index (χ3v) is 8.50. The molecule has 0 aliphatic heterocycles. The SMILES string of the molecule is CN(C)CCCOc1ccc(-c2cccc(C[C@H](N)C(=O)N(c3ccc4[nH]c(=O)[nH]c4c3)C(=O)[C@H]3CC[C@H](CN)CC3)c2)cn1.Cl. The van der Waals surface area contributed by atoms with E-state index >= 15 is 0 Å². The molecule has 0 radical (unpaired) electrons. The van der Waals surface area contributed by atoms with Crippen LogP contribution in [-0.2, 0) is 16.0 Å². The Bertz CT molecular complexity index is 1660. The maximum Gasteiger partial charge on any atom is 0.323 e. The molecule has 6 N–H and O–H groups in total. The molecule has 4 aromatic rings. The highest BCUT2D eigenvalue weighted by atomic mass is 35.5. The van der Waals surface area contributed by atoms with Crippen molar-refractivity contribution in [2.75, 3.05) is 38.7 Å². The van der Waals surface area contributed by atoms with Crippen LogP contribution in [0.15, 0.2) is 65.6 Å². The van der Waals surface area contributed by atoms with Crippen LogP contribution in [0.5, 0.6) is 5.88 Å². The normalized spacial score (nSPS) is 17.0. The van der Waals surface area contributed by atoms with Gasteiger partial charge in [-0.15, -0.1) is 12.4 Å². The predicted octanol–water partition coefficient (Wildman–Crippen LogP) is 3.87. The molecular weight excluding hydrogens is 606 g/mol. The predicted molar refractivity (Wildman–Crippen MR) is 183 cm³/mol. The number of carbonyl (C=O) groups is 2. The van der Waals surface area contributed by atoms with Gasteiger partial charge in [0.15, 0.2) is 0 Å². The van der Waals surface area contributed by atoms with Gasteiger partial charge in [-0.1, -0.05) is 24.3 Å². The summed E-state index contributed by atoms with van der Waals surface area (Å²) in [6, 6.07) is 15.6. The van der Waals surface area contributed by atoms with Crippen LogP contribution in [0.25, 0.3) is 22.2 Å². The van der Waals surface area contributed by atoms with E-state index in [0.29, 0.717) is 54.5 Å². The first kappa shape index (κ1) is 34.8. The first-order chi connectivity index (χ1) is 21.7. The number of imide groups is 1. The zero-order valence-corrected chi connectivity index (χ0v) is 27.2. The molecule has 11 nitrogen and oxygen atoms in total. The number of rotatable bonds is 12. The Morgan fingerprint density at radius 2 is 1.76 bits per heavy atom. The van der Waals surface area contributed by atoms with Gasteiger partial charge in [0.05, 0.1) is 29.4 Å². The average molecular weight is 650 g/mol. The molecule has 2 aromatic heterocycles. The van der Waals surface area contributed by atoms with Crippen molar-refractivity contribution in [3.8, 4) is 17.0 Å². The third kappa shape index (κ3) is 8.61. The zero-order valence-electron chi connectivity index (χ0n) is 26.4. The number of nitrogens with two attached hydrogens (primary N) is 2. The molecule has 1 aliphatic rings. The zero-order chi connectivity index (χ0) is 31.9. The molecule has 46 heavy (non-hydrogen) atoms. The fraction of sp³-hybridized carbons (Fsp3) is 0.412. The second-order valence-corrected chi connectivity index (χ2v) is 12.2. The first-order valence-electron chi connectivity index (χ1n) is 15.6. The van der Waals surface area contributed by atoms with Gasteiger partial charge < -0.3 is 31.1 Å². The minimum Gasteiger partial charge on any atom is -0.478 e. The maximum absolute atomic E-state index is 14.0. The van der Waals surface area contributed by atoms with E-state index in [9.17, 15) is 14.4 Å². The van der Waals surface area contributed by atoms with Crippen molar-refractivity contribution in [1.82, 2.24) is 19.9 Å². The first-order valence-corrected chi connectivity index (χ1v) is 15.6. The van der Waals surface area contributed by atoms with Crippen molar-refractivity contribution >= 4 is 40.9 Å². The summed E-state index contributed by atoms with van der Waals surface area (Å²) in [7, 11) is 4.06. The number of hydrogen-bond acceptors (Lipinski definition) is 8. The largest absolute Gasteiger partial charge is 0.478 e. The molecule has 2 amide bonds. The van der Waals surface area contributed by atoms with Crippen LogP contribution in [0.1, 0.15) is 37.7 Å². The molecule has 0 unspecified atom stereocenters. The minimum absolute atomic E-state index is 0. The number of hydrogen-bond donors (Lipinski definition) is 4. The molecule has 5 rings (SSSR count). The number of benzene rings is 2. The van der Waals surface area contributed by atoms with E-state index in [1.807, 2.05) is 50.5 Å². The standard InChI is InChI=1S/C34H43N7O4.ClH/c1-40(2)15-4-16-45-31-14-11-26(21-37-31)25-6-3-5-23(17-25)18-28(36)33(43)41(32(42)24-9-7-22(20-35)8-10-24)27-12-13-29-30(19-27)39-34(44)38-29;/h3,5-6,11-14,17,19,21-22,24,28H,4,7-10,15-16,18,20,35-36H2,1-2H3,(H2,38,39,44);1H/t22-,24-,28-;/m0./s1. The van der Waals surface area contributed by atoms with Crippen LogP contribution in [0, 0.1) is 11.8 Å². The smallest absolute Gasteiger partial charge is 0.323 e. The number of aromatic nitrogens is 3. The van der Waals surface area contributed by atoms with Crippen molar-refractivity contribution in [3.63, 3.8) is 0 Å². The Balaban J connectivity index is 0.00000480. The Morgan fingerprint density at radius 3 is 2.46 bits per heavy atom. The van der Waals surface area contributed by atoms with Crippen molar-refractivity contribution in [2.24, 2.45) is 23.3 Å². The van der Waals surface area contributed by atoms with E-state index in [1.165, 1.54) is 4.90 Å². The number of H-pyrrole nitrogens is 2. The van der Waals surface area contributed by atoms with Crippen LogP contribution in [-0.4, -0.2) is 71.5 Å². The van der Waals surface area contributed by atoms with Crippen LogP contribution in [0.4, 0.5) is 5.69 Å². The molecule has 246 valence electrons. The number of ether oxygens (including phenoxy) is 1. The lowest BCUT2D eigenvalue weighted by Gasteiger charge is -2.32. The number of amides is 2. The van der Waals surface area contributed by atoms with Crippen molar-refractivity contribution in [1.29, 1.82) is 0 Å². The molecule has 12 heteroatoms. The lowest BCUT2D eigenvalue weighted by molar-refractivity contribution is -0.130. The van der Waals surface area contributed by atoms with E-state index in [4.69, 9.17) is 16.2 Å². The highest BCUT2D eigenvalue weighted by Gasteiger charge is 2.35. The summed E-state index contributed by atoms with van der Waals surface area (Å²) in [4.78, 5) is 53.0. The van der Waals surface area contributed by atoms with E-state index in [-0.39, 0.29) is 36.3 Å². The van der Waals surface area contributed by atoms with Gasteiger partial charge in [0.25, 0.3) is 5.91 Å². The number of fused-ring (bicyclic) bond motifs is 1. The number of imidazole rings is 1. The summed E-state index contributed by atoms with van der Waals surface area (Å²) in [6.07, 6.45) is 5.94. The van der Waals surface area contributed by atoms with Gasteiger partial charge in [-0.2, -0.15) is 0 Å². The molecule has 2 heterocycles. The van der Waals surface area contributed by atoms with Crippen LogP contribution in [0.3, 0.4) is 0 Å². The Kier molecular flexibility index (Phi) is 12.1. The molecule has 1 fully saturated rings. The van der Waals surface area contributed by atoms with Crippen molar-refractivity contribution in [2.45, 2.75) is 44.6 Å². The maximum atomic E-state index is 14.0. The lowest BCUT2D eigenvalue weighted by atomic mass is 9.81. The monoisotopic (exact) mass is 649 g/mol. The van der Waals surface area contributed by atoms with Gasteiger partial charge in [-0.25, -0.2) is 14.7 Å². The summed E-state index contributed by atoms with van der Waals surface area (Å²) in [5.74, 6) is -0.0980. The van der Waals surface area contributed by atoms with E-state index < -0.39 is 11.9 Å². The Morgan fingerprint density at radius 1 is 1.00 bits per heavy atom. The van der Waals surface area contributed by atoms with Gasteiger partial charge in [0.2, 0.25) is 11.8 Å². The average Bonchev–Trinajstić information content (AvgIpc) is 3.43. The number of nitrogens with one attached hydrogen (secondary N) is 2.